The lowest BCUT2D eigenvalue weighted by Crippen LogP contribution is -2.12. The van der Waals surface area contributed by atoms with Crippen LogP contribution in [0.15, 0.2) is 15.9 Å². The second-order valence-electron chi connectivity index (χ2n) is 4.44. The van der Waals surface area contributed by atoms with Gasteiger partial charge in [0, 0.05) is 9.35 Å². The van der Waals surface area contributed by atoms with Crippen molar-refractivity contribution in [2.45, 2.75) is 44.6 Å². The summed E-state index contributed by atoms with van der Waals surface area (Å²) in [5, 5.41) is 11.9. The average molecular weight is 289 g/mol. The van der Waals surface area contributed by atoms with Crippen LogP contribution in [-0.2, 0) is 6.42 Å². The fourth-order valence-corrected chi connectivity index (χ4v) is 3.98. The Morgan fingerprint density at radius 3 is 2.93 bits per heavy atom. The van der Waals surface area contributed by atoms with Crippen molar-refractivity contribution in [3.8, 4) is 0 Å². The van der Waals surface area contributed by atoms with Crippen molar-refractivity contribution in [2.75, 3.05) is 0 Å². The first-order chi connectivity index (χ1) is 7.25. The summed E-state index contributed by atoms with van der Waals surface area (Å²) >= 11 is 5.40. The first-order valence-corrected chi connectivity index (χ1v) is 7.33. The van der Waals surface area contributed by atoms with Gasteiger partial charge in [-0.25, -0.2) is 0 Å². The van der Waals surface area contributed by atoms with E-state index in [1.54, 1.807) is 0 Å². The quantitative estimate of drug-likeness (QED) is 0.816. The van der Waals surface area contributed by atoms with Crippen LogP contribution in [0.2, 0.25) is 0 Å². The maximum Gasteiger partial charge on any atom is 0.0543 e. The molecule has 1 aromatic rings. The molecule has 2 unspecified atom stereocenters. The van der Waals surface area contributed by atoms with Gasteiger partial charge in [0.05, 0.1) is 6.10 Å². The van der Waals surface area contributed by atoms with Crippen LogP contribution in [0.25, 0.3) is 0 Å². The number of aliphatic hydroxyl groups is 1. The van der Waals surface area contributed by atoms with Crippen LogP contribution in [0.3, 0.4) is 0 Å². The normalized spacial score (nSPS) is 27.6. The average Bonchev–Trinajstić information content (AvgIpc) is 2.48. The van der Waals surface area contributed by atoms with E-state index in [0.29, 0.717) is 5.92 Å². The Bertz CT molecular complexity index is 310. The number of hydrogen-bond acceptors (Lipinski definition) is 2. The molecule has 84 valence electrons. The van der Waals surface area contributed by atoms with Gasteiger partial charge in [-0.1, -0.05) is 19.3 Å². The first-order valence-electron chi connectivity index (χ1n) is 5.65. The van der Waals surface area contributed by atoms with E-state index < -0.39 is 0 Å². The molecule has 0 aromatic carbocycles. The Labute approximate surface area is 104 Å². The van der Waals surface area contributed by atoms with E-state index in [2.05, 4.69) is 27.4 Å². The molecule has 2 rings (SSSR count). The highest BCUT2D eigenvalue weighted by molar-refractivity contribution is 9.10. The molecule has 15 heavy (non-hydrogen) atoms. The summed E-state index contributed by atoms with van der Waals surface area (Å²) in [7, 11) is 0. The topological polar surface area (TPSA) is 20.2 Å². The molecule has 0 aliphatic heterocycles. The molecule has 1 aliphatic rings. The van der Waals surface area contributed by atoms with Crippen LogP contribution in [0.4, 0.5) is 0 Å². The highest BCUT2D eigenvalue weighted by atomic mass is 79.9. The molecule has 1 heterocycles. The third-order valence-electron chi connectivity index (χ3n) is 3.17. The fraction of sp³-hybridized carbons (Fsp3) is 0.667. The maximum absolute atomic E-state index is 9.75. The van der Waals surface area contributed by atoms with Crippen molar-refractivity contribution < 1.29 is 5.11 Å². The minimum absolute atomic E-state index is 0.0590. The number of halogens is 1. The Balaban J connectivity index is 1.96. The molecule has 0 amide bonds. The van der Waals surface area contributed by atoms with Crippen LogP contribution in [0, 0.1) is 5.92 Å². The van der Waals surface area contributed by atoms with Gasteiger partial charge < -0.3 is 5.11 Å². The van der Waals surface area contributed by atoms with E-state index in [0.717, 1.165) is 19.3 Å². The molecule has 1 aliphatic carbocycles. The number of aliphatic hydroxyl groups excluding tert-OH is 1. The Morgan fingerprint density at radius 2 is 2.20 bits per heavy atom. The van der Waals surface area contributed by atoms with E-state index in [1.807, 2.05) is 11.3 Å². The van der Waals surface area contributed by atoms with Gasteiger partial charge in [0.25, 0.3) is 0 Å². The molecule has 1 saturated carbocycles. The van der Waals surface area contributed by atoms with Crippen molar-refractivity contribution in [3.05, 3.63) is 20.8 Å². The smallest absolute Gasteiger partial charge is 0.0543 e. The van der Waals surface area contributed by atoms with Gasteiger partial charge in [0.1, 0.15) is 0 Å². The minimum atomic E-state index is -0.0590. The molecule has 3 heteroatoms. The number of hydrogen-bond donors (Lipinski definition) is 1. The van der Waals surface area contributed by atoms with Crippen LogP contribution in [-0.4, -0.2) is 11.2 Å². The molecular formula is C12H17BrOS. The second kappa shape index (κ2) is 5.46. The molecular weight excluding hydrogens is 272 g/mol. The van der Waals surface area contributed by atoms with Gasteiger partial charge in [-0.3, -0.25) is 0 Å². The van der Waals surface area contributed by atoms with Crippen LogP contribution in [0.5, 0.6) is 0 Å². The van der Waals surface area contributed by atoms with Crippen LogP contribution < -0.4 is 0 Å². The summed E-state index contributed by atoms with van der Waals surface area (Å²) in [5.41, 5.74) is 0. The number of thiophene rings is 1. The molecule has 1 aromatic heterocycles. The summed E-state index contributed by atoms with van der Waals surface area (Å²) < 4.78 is 1.24. The zero-order valence-corrected chi connectivity index (χ0v) is 11.2. The van der Waals surface area contributed by atoms with Crippen molar-refractivity contribution in [2.24, 2.45) is 5.92 Å². The minimum Gasteiger partial charge on any atom is -0.393 e. The van der Waals surface area contributed by atoms with Crippen LogP contribution >= 0.6 is 27.3 Å². The zero-order chi connectivity index (χ0) is 10.7. The molecule has 0 spiro atoms. The first kappa shape index (κ1) is 11.6. The van der Waals surface area contributed by atoms with Gasteiger partial charge >= 0.3 is 0 Å². The Kier molecular flexibility index (Phi) is 4.23. The lowest BCUT2D eigenvalue weighted by Gasteiger charge is -2.15. The summed E-state index contributed by atoms with van der Waals surface area (Å²) in [6.07, 6.45) is 6.83. The second-order valence-corrected chi connectivity index (χ2v) is 6.29. The standard InChI is InChI=1S/C12H17BrOS/c13-11-5-6-15-12(11)8-9-3-1-2-4-10(14)7-9/h5-6,9-10,14H,1-4,7-8H2. The van der Waals surface area contributed by atoms with E-state index >= 15 is 0 Å². The van der Waals surface area contributed by atoms with Gasteiger partial charge in [0.2, 0.25) is 0 Å². The van der Waals surface area contributed by atoms with Crippen molar-refractivity contribution in [3.63, 3.8) is 0 Å². The molecule has 0 saturated heterocycles. The van der Waals surface area contributed by atoms with Crippen molar-refractivity contribution in [1.82, 2.24) is 0 Å². The molecule has 0 radical (unpaired) electrons. The molecule has 0 bridgehead atoms. The molecule has 1 N–H and O–H groups in total. The summed E-state index contributed by atoms with van der Waals surface area (Å²) in [4.78, 5) is 1.44. The van der Waals surface area contributed by atoms with Crippen molar-refractivity contribution in [1.29, 1.82) is 0 Å². The molecule has 1 fully saturated rings. The lowest BCUT2D eigenvalue weighted by atomic mass is 9.95. The fourth-order valence-electron chi connectivity index (χ4n) is 2.35. The van der Waals surface area contributed by atoms with Gasteiger partial charge in [-0.05, 0) is 52.6 Å². The predicted octanol–water partition coefficient (Wildman–Crippen LogP) is 3.99. The monoisotopic (exact) mass is 288 g/mol. The summed E-state index contributed by atoms with van der Waals surface area (Å²) in [6, 6.07) is 2.12. The van der Waals surface area contributed by atoms with Gasteiger partial charge in [-0.15, -0.1) is 11.3 Å². The van der Waals surface area contributed by atoms with Gasteiger partial charge in [0.15, 0.2) is 0 Å². The van der Waals surface area contributed by atoms with Crippen molar-refractivity contribution >= 4 is 27.3 Å². The predicted molar refractivity (Wildman–Crippen MR) is 68.3 cm³/mol. The summed E-state index contributed by atoms with van der Waals surface area (Å²) in [6.45, 7) is 0. The van der Waals surface area contributed by atoms with E-state index in [-0.39, 0.29) is 6.10 Å². The third kappa shape index (κ3) is 3.30. The van der Waals surface area contributed by atoms with Gasteiger partial charge in [-0.2, -0.15) is 0 Å². The SMILES string of the molecule is OC1CCCCC(Cc2sccc2Br)C1. The van der Waals surface area contributed by atoms with E-state index in [4.69, 9.17) is 0 Å². The zero-order valence-electron chi connectivity index (χ0n) is 8.79. The highest BCUT2D eigenvalue weighted by Gasteiger charge is 2.19. The van der Waals surface area contributed by atoms with Crippen LogP contribution in [0.1, 0.15) is 37.0 Å². The summed E-state index contributed by atoms with van der Waals surface area (Å²) in [5.74, 6) is 0.678. The largest absolute Gasteiger partial charge is 0.393 e. The number of rotatable bonds is 2. The maximum atomic E-state index is 9.75. The Hall–Kier alpha value is 0.140. The van der Waals surface area contributed by atoms with E-state index in [9.17, 15) is 5.11 Å². The highest BCUT2D eigenvalue weighted by Crippen LogP contribution is 2.31. The molecule has 1 nitrogen and oxygen atoms in total. The third-order valence-corrected chi connectivity index (χ3v) is 5.12. The molecule has 2 atom stereocenters. The van der Waals surface area contributed by atoms with E-state index in [1.165, 1.54) is 28.6 Å². The Morgan fingerprint density at radius 1 is 1.40 bits per heavy atom. The lowest BCUT2D eigenvalue weighted by molar-refractivity contribution is 0.141.